The van der Waals surface area contributed by atoms with E-state index in [2.05, 4.69) is 11.1 Å². The Morgan fingerprint density at radius 1 is 1.38 bits per heavy atom. The van der Waals surface area contributed by atoms with Crippen LogP contribution >= 0.6 is 0 Å². The molecule has 4 heteroatoms. The van der Waals surface area contributed by atoms with Gasteiger partial charge in [0.25, 0.3) is 0 Å². The fourth-order valence-corrected chi connectivity index (χ4v) is 3.21. The van der Waals surface area contributed by atoms with Gasteiger partial charge in [-0.15, -0.1) is 0 Å². The van der Waals surface area contributed by atoms with E-state index in [1.165, 1.54) is 0 Å². The molecular weight excluding hydrogens is 262 g/mol. The first-order valence-corrected chi connectivity index (χ1v) is 7.47. The van der Waals surface area contributed by atoms with Gasteiger partial charge in [0.1, 0.15) is 0 Å². The first-order chi connectivity index (χ1) is 10.1. The Kier molecular flexibility index (Phi) is 3.88. The van der Waals surface area contributed by atoms with Crippen molar-refractivity contribution in [3.63, 3.8) is 0 Å². The minimum atomic E-state index is 0.0987. The Morgan fingerprint density at radius 3 is 3.00 bits per heavy atom. The zero-order valence-corrected chi connectivity index (χ0v) is 12.3. The third kappa shape index (κ3) is 2.90. The lowest BCUT2D eigenvalue weighted by atomic mass is 10.0. The predicted octanol–water partition coefficient (Wildman–Crippen LogP) is 2.32. The molecule has 1 amide bonds. The smallest absolute Gasteiger partial charge is 0.225 e. The van der Waals surface area contributed by atoms with Crippen molar-refractivity contribution < 1.29 is 4.79 Å². The van der Waals surface area contributed by atoms with Crippen LogP contribution in [0.2, 0.25) is 0 Å². The number of fused-ring (bicyclic) bond motifs is 1. The second-order valence-corrected chi connectivity index (χ2v) is 5.98. The van der Waals surface area contributed by atoms with Gasteiger partial charge < -0.3 is 10.6 Å². The van der Waals surface area contributed by atoms with Crippen molar-refractivity contribution in [1.82, 2.24) is 9.88 Å². The molecule has 0 aliphatic heterocycles. The number of carbonyl (C=O) groups is 1. The summed E-state index contributed by atoms with van der Waals surface area (Å²) in [6.07, 6.45) is 6.36. The molecule has 4 nitrogen and oxygen atoms in total. The van der Waals surface area contributed by atoms with Gasteiger partial charge in [-0.05, 0) is 36.3 Å². The third-order valence-electron chi connectivity index (χ3n) is 4.38. The van der Waals surface area contributed by atoms with Crippen molar-refractivity contribution >= 4 is 16.7 Å². The molecule has 1 aromatic heterocycles. The summed E-state index contributed by atoms with van der Waals surface area (Å²) in [6, 6.07) is 8.34. The zero-order chi connectivity index (χ0) is 14.8. The topological polar surface area (TPSA) is 59.2 Å². The van der Waals surface area contributed by atoms with Crippen molar-refractivity contribution in [2.45, 2.75) is 31.8 Å². The Labute approximate surface area is 125 Å². The Bertz CT molecular complexity index is 650. The lowest BCUT2D eigenvalue weighted by Crippen LogP contribution is -2.32. The minimum absolute atomic E-state index is 0.0987. The fraction of sp³-hybridized carbons (Fsp3) is 0.412. The van der Waals surface area contributed by atoms with E-state index in [0.717, 1.165) is 35.6 Å². The zero-order valence-electron chi connectivity index (χ0n) is 12.3. The molecular formula is C17H21N3O. The molecule has 0 unspecified atom stereocenters. The second kappa shape index (κ2) is 5.82. The summed E-state index contributed by atoms with van der Waals surface area (Å²) in [5.74, 6) is 0.315. The van der Waals surface area contributed by atoms with Crippen LogP contribution in [0, 0.1) is 5.92 Å². The van der Waals surface area contributed by atoms with Gasteiger partial charge >= 0.3 is 0 Å². The first kappa shape index (κ1) is 14.0. The van der Waals surface area contributed by atoms with Crippen molar-refractivity contribution in [1.29, 1.82) is 0 Å². The summed E-state index contributed by atoms with van der Waals surface area (Å²) in [6.45, 7) is 0.631. The number of nitrogens with zero attached hydrogens (tertiary/aromatic N) is 2. The number of nitrogens with two attached hydrogens (primary N) is 1. The number of hydrogen-bond acceptors (Lipinski definition) is 3. The van der Waals surface area contributed by atoms with E-state index in [9.17, 15) is 4.79 Å². The van der Waals surface area contributed by atoms with Crippen LogP contribution in [-0.4, -0.2) is 28.9 Å². The molecule has 1 aliphatic carbocycles. The standard InChI is InChI=1S/C17H21N3O/c1-20(17(21)12-5-6-15(18)9-12)11-14-4-2-3-13-10-19-8-7-16(13)14/h2-4,7-8,10,12,15H,5-6,9,11,18H2,1H3/t12-,15+/m0/s1. The van der Waals surface area contributed by atoms with Gasteiger partial charge in [0.05, 0.1) is 0 Å². The Morgan fingerprint density at radius 2 is 2.24 bits per heavy atom. The highest BCUT2D eigenvalue weighted by Gasteiger charge is 2.29. The number of carbonyl (C=O) groups excluding carboxylic acids is 1. The molecule has 1 aromatic carbocycles. The second-order valence-electron chi connectivity index (χ2n) is 5.98. The van der Waals surface area contributed by atoms with E-state index >= 15 is 0 Å². The summed E-state index contributed by atoms with van der Waals surface area (Å²) in [7, 11) is 1.88. The van der Waals surface area contributed by atoms with Crippen molar-refractivity contribution in [3.05, 3.63) is 42.2 Å². The van der Waals surface area contributed by atoms with Gasteiger partial charge in [0.2, 0.25) is 5.91 Å². The van der Waals surface area contributed by atoms with Crippen LogP contribution < -0.4 is 5.73 Å². The third-order valence-corrected chi connectivity index (χ3v) is 4.38. The molecule has 1 fully saturated rings. The summed E-state index contributed by atoms with van der Waals surface area (Å²) < 4.78 is 0. The first-order valence-electron chi connectivity index (χ1n) is 7.47. The van der Waals surface area contributed by atoms with Crippen molar-refractivity contribution in [3.8, 4) is 0 Å². The molecule has 21 heavy (non-hydrogen) atoms. The van der Waals surface area contributed by atoms with Gasteiger partial charge in [-0.25, -0.2) is 0 Å². The van der Waals surface area contributed by atoms with Crippen LogP contribution in [-0.2, 0) is 11.3 Å². The highest BCUT2D eigenvalue weighted by atomic mass is 16.2. The van der Waals surface area contributed by atoms with Crippen LogP contribution in [0.5, 0.6) is 0 Å². The fourth-order valence-electron chi connectivity index (χ4n) is 3.21. The molecule has 2 atom stereocenters. The number of hydrogen-bond donors (Lipinski definition) is 1. The quantitative estimate of drug-likeness (QED) is 0.940. The van der Waals surface area contributed by atoms with Gasteiger partial charge in [0.15, 0.2) is 0 Å². The van der Waals surface area contributed by atoms with Crippen LogP contribution in [0.25, 0.3) is 10.8 Å². The number of pyridine rings is 1. The highest BCUT2D eigenvalue weighted by molar-refractivity contribution is 5.85. The monoisotopic (exact) mass is 283 g/mol. The van der Waals surface area contributed by atoms with E-state index in [1.807, 2.05) is 36.3 Å². The molecule has 2 aromatic rings. The number of benzene rings is 1. The van der Waals surface area contributed by atoms with E-state index < -0.39 is 0 Å². The molecule has 1 saturated carbocycles. The number of rotatable bonds is 3. The molecule has 3 rings (SSSR count). The van der Waals surface area contributed by atoms with Crippen LogP contribution in [0.4, 0.5) is 0 Å². The number of aromatic nitrogens is 1. The van der Waals surface area contributed by atoms with Gasteiger partial charge in [-0.2, -0.15) is 0 Å². The summed E-state index contributed by atoms with van der Waals surface area (Å²) >= 11 is 0. The molecule has 0 radical (unpaired) electrons. The predicted molar refractivity (Wildman–Crippen MR) is 83.5 cm³/mol. The lowest BCUT2D eigenvalue weighted by molar-refractivity contribution is -0.134. The van der Waals surface area contributed by atoms with Crippen molar-refractivity contribution in [2.24, 2.45) is 11.7 Å². The largest absolute Gasteiger partial charge is 0.341 e. The van der Waals surface area contributed by atoms with Crippen LogP contribution in [0.15, 0.2) is 36.7 Å². The molecule has 0 bridgehead atoms. The molecule has 1 heterocycles. The average Bonchev–Trinajstić information content (AvgIpc) is 2.93. The maximum atomic E-state index is 12.5. The Hall–Kier alpha value is -1.94. The maximum Gasteiger partial charge on any atom is 0.225 e. The van der Waals surface area contributed by atoms with E-state index in [1.54, 1.807) is 6.20 Å². The Balaban J connectivity index is 1.77. The molecule has 2 N–H and O–H groups in total. The highest BCUT2D eigenvalue weighted by Crippen LogP contribution is 2.27. The SMILES string of the molecule is CN(Cc1cccc2cnccc12)C(=O)[C@H]1CC[C@@H](N)C1. The molecule has 110 valence electrons. The lowest BCUT2D eigenvalue weighted by Gasteiger charge is -2.22. The average molecular weight is 283 g/mol. The summed E-state index contributed by atoms with van der Waals surface area (Å²) in [5.41, 5.74) is 7.07. The van der Waals surface area contributed by atoms with E-state index in [0.29, 0.717) is 6.54 Å². The van der Waals surface area contributed by atoms with Crippen LogP contribution in [0.1, 0.15) is 24.8 Å². The minimum Gasteiger partial charge on any atom is -0.341 e. The summed E-state index contributed by atoms with van der Waals surface area (Å²) in [4.78, 5) is 18.5. The van der Waals surface area contributed by atoms with E-state index in [4.69, 9.17) is 5.73 Å². The maximum absolute atomic E-state index is 12.5. The molecule has 0 spiro atoms. The van der Waals surface area contributed by atoms with Crippen molar-refractivity contribution in [2.75, 3.05) is 7.05 Å². The van der Waals surface area contributed by atoms with Gasteiger partial charge in [-0.3, -0.25) is 9.78 Å². The summed E-state index contributed by atoms with van der Waals surface area (Å²) in [5, 5.41) is 2.27. The molecule has 0 saturated heterocycles. The molecule has 1 aliphatic rings. The number of amides is 1. The van der Waals surface area contributed by atoms with Gasteiger partial charge in [-0.1, -0.05) is 18.2 Å². The normalized spacial score (nSPS) is 21.6. The van der Waals surface area contributed by atoms with Gasteiger partial charge in [0, 0.05) is 43.3 Å². The van der Waals surface area contributed by atoms with E-state index in [-0.39, 0.29) is 17.9 Å². The van der Waals surface area contributed by atoms with Crippen LogP contribution in [0.3, 0.4) is 0 Å².